The summed E-state index contributed by atoms with van der Waals surface area (Å²) in [7, 11) is 0. The number of nitro benzene ring substituents is 1. The Morgan fingerprint density at radius 2 is 0.688 bits per heavy atom. The van der Waals surface area contributed by atoms with E-state index in [1.807, 2.05) is 111 Å². The number of alkyl halides is 3. The van der Waals surface area contributed by atoms with Crippen molar-refractivity contribution in [2.75, 3.05) is 45.9 Å². The molecule has 16 N–H and O–H groups in total. The van der Waals surface area contributed by atoms with Gasteiger partial charge in [-0.15, -0.1) is 0 Å². The molecule has 0 fully saturated rings. The normalized spacial score (nSPS) is 10.0. The van der Waals surface area contributed by atoms with E-state index in [9.17, 15) is 23.3 Å². The molecule has 8 aromatic carbocycles. The first kappa shape index (κ1) is 76.6. The highest BCUT2D eigenvalue weighted by molar-refractivity contribution is 9.13. The van der Waals surface area contributed by atoms with Crippen molar-refractivity contribution < 1.29 is 18.1 Å². The minimum atomic E-state index is -4.32. The van der Waals surface area contributed by atoms with Crippen LogP contribution >= 0.6 is 239 Å². The first-order valence-corrected chi connectivity index (χ1v) is 33.1. The van der Waals surface area contributed by atoms with Crippen LogP contribution in [-0.4, -0.2) is 4.92 Å². The summed E-state index contributed by atoms with van der Waals surface area (Å²) < 4.78 is 49.0. The molecule has 80 heavy (non-hydrogen) atoms. The molecule has 0 bridgehead atoms. The number of hydrogen-bond acceptors (Lipinski definition) is 10. The third-order valence-electron chi connectivity index (χ3n) is 8.94. The van der Waals surface area contributed by atoms with Crippen LogP contribution in [0.15, 0.2) is 194 Å². The summed E-state index contributed by atoms with van der Waals surface area (Å²) in [6.07, 6.45) is -4.32. The average molecular weight is 2070 g/mol. The highest BCUT2D eigenvalue weighted by atomic mass is 79.9. The van der Waals surface area contributed by atoms with E-state index in [2.05, 4.69) is 239 Å². The van der Waals surface area contributed by atoms with Crippen molar-refractivity contribution in [3.05, 3.63) is 221 Å². The van der Waals surface area contributed by atoms with Crippen molar-refractivity contribution in [1.29, 1.82) is 0 Å². The molecule has 11 nitrogen and oxygen atoms in total. The largest absolute Gasteiger partial charge is 0.416 e. The fraction of sp³-hybridized carbons (Fsp3) is 0.0588. The van der Waals surface area contributed by atoms with Gasteiger partial charge in [-0.2, -0.15) is 13.2 Å². The lowest BCUT2D eigenvalue weighted by molar-refractivity contribution is -0.385. The van der Waals surface area contributed by atoms with Crippen molar-refractivity contribution in [1.82, 2.24) is 0 Å². The van der Waals surface area contributed by atoms with Crippen molar-refractivity contribution in [3.8, 4) is 0 Å². The molecule has 0 saturated carbocycles. The van der Waals surface area contributed by atoms with Crippen LogP contribution in [0.5, 0.6) is 0 Å². The van der Waals surface area contributed by atoms with Gasteiger partial charge in [-0.1, -0.05) is 59.9 Å². The summed E-state index contributed by atoms with van der Waals surface area (Å²) in [4.78, 5) is 9.86. The van der Waals surface area contributed by atoms with E-state index in [-0.39, 0.29) is 11.4 Å². The summed E-state index contributed by atoms with van der Waals surface area (Å²) in [6, 6.07) is 36.6. The van der Waals surface area contributed by atoms with Gasteiger partial charge in [-0.25, -0.2) is 0 Å². The number of aryl methyl sites for hydroxylation is 2. The third-order valence-corrected chi connectivity index (χ3v) is 18.5. The SMILES string of the molecule is Cc1cc(Br)c(N)c(Br)c1.Cc1ccc(N)c(Br)c1.Nc1c(Br)cc(Br)cc1Br.Nc1c(Br)cc([N+](=O)[O-])cc1Br.Nc1c(Br)cccc1Br.Nc1cc(Br)ccc1Br.Nc1cc(C(F)(F)F)ccc1Br.Nc1ccc(Br)cc1Br. The number of nitro groups is 1. The standard InChI is InChI=1S/C7H7Br2N.C7H5BrF3N.C7H8BrN.C6H4Br3N.C6H4Br2N2O2.3C6H5Br2N/c1-4-2-5(8)7(10)6(9)3-4;8-5-2-1-4(3-6(5)12)7(9,10)11;1-5-2-3-7(9)6(8)4-5;7-3-1-4(8)6(10)5(9)2-3;7-4-1-3(10(11)12)2-5(8)6(4)9;7-4-1-2-6(9)5(8)3-4;7-4-1-2-5(8)6(9)3-4;7-4-2-1-3-5(8)6(4)9/h2-3H,10H2,1H3;1-3H,12H2;2-4H,9H2,1H3;1-2H,10H2;1-2H,9H2;3*1-3H,9H2. The van der Waals surface area contributed by atoms with Gasteiger partial charge in [0.2, 0.25) is 0 Å². The molecular weight excluding hydrogens is 2030 g/mol. The number of anilines is 8. The molecule has 0 aliphatic heterocycles. The van der Waals surface area contributed by atoms with Crippen LogP contribution in [0.4, 0.5) is 64.4 Å². The van der Waals surface area contributed by atoms with Crippen LogP contribution in [0.2, 0.25) is 0 Å². The number of nitrogens with two attached hydrogens (primary N) is 8. The van der Waals surface area contributed by atoms with E-state index >= 15 is 0 Å². The van der Waals surface area contributed by atoms with E-state index in [4.69, 9.17) is 45.9 Å². The maximum Gasteiger partial charge on any atom is 0.416 e. The molecule has 8 aromatic rings. The molecule has 0 radical (unpaired) electrons. The van der Waals surface area contributed by atoms with E-state index < -0.39 is 16.7 Å². The maximum atomic E-state index is 12.0. The molecule has 0 aliphatic rings. The Morgan fingerprint density at radius 3 is 1.04 bits per heavy atom. The van der Waals surface area contributed by atoms with E-state index in [0.717, 1.165) is 99.9 Å². The number of rotatable bonds is 1. The first-order valence-electron chi connectivity index (χ1n) is 21.2. The van der Waals surface area contributed by atoms with Gasteiger partial charge >= 0.3 is 6.18 Å². The van der Waals surface area contributed by atoms with Crippen LogP contribution in [0.1, 0.15) is 16.7 Å². The Hall–Kier alpha value is -1.45. The van der Waals surface area contributed by atoms with Crippen LogP contribution in [-0.2, 0) is 6.18 Å². The zero-order chi connectivity index (χ0) is 61.5. The van der Waals surface area contributed by atoms with E-state index in [1.54, 1.807) is 0 Å². The van der Waals surface area contributed by atoms with Gasteiger partial charge in [0.15, 0.2) is 0 Å². The Kier molecular flexibility index (Phi) is 36.2. The highest BCUT2D eigenvalue weighted by Crippen LogP contribution is 2.35. The molecular formula is C51H43Br15F3N9O2. The molecule has 0 amide bonds. The van der Waals surface area contributed by atoms with Crippen molar-refractivity contribution in [2.24, 2.45) is 0 Å². The lowest BCUT2D eigenvalue weighted by Crippen LogP contribution is -2.05. The predicted octanol–water partition coefficient (Wildman–Crippen LogP) is 23.1. The molecule has 430 valence electrons. The van der Waals surface area contributed by atoms with Gasteiger partial charge < -0.3 is 45.9 Å². The fourth-order valence-corrected chi connectivity index (χ4v) is 13.1. The van der Waals surface area contributed by atoms with Crippen molar-refractivity contribution in [2.45, 2.75) is 20.0 Å². The summed E-state index contributed by atoms with van der Waals surface area (Å²) in [5, 5.41) is 10.3. The molecule has 8 rings (SSSR count). The second-order valence-corrected chi connectivity index (χ2v) is 28.2. The van der Waals surface area contributed by atoms with Gasteiger partial charge in [0, 0.05) is 102 Å². The summed E-state index contributed by atoms with van der Waals surface area (Å²) >= 11 is 48.9. The lowest BCUT2D eigenvalue weighted by Gasteiger charge is -2.07. The number of non-ortho nitro benzene ring substituents is 1. The monoisotopic (exact) mass is 2050 g/mol. The smallest absolute Gasteiger partial charge is 0.398 e. The van der Waals surface area contributed by atoms with Crippen LogP contribution in [0, 0.1) is 24.0 Å². The van der Waals surface area contributed by atoms with Crippen LogP contribution < -0.4 is 45.9 Å². The number of hydrogen-bond donors (Lipinski definition) is 8. The zero-order valence-corrected chi connectivity index (χ0v) is 64.6. The number of nitrogen functional groups attached to an aromatic ring is 8. The van der Waals surface area contributed by atoms with Gasteiger partial charge in [-0.3, -0.25) is 10.1 Å². The van der Waals surface area contributed by atoms with Gasteiger partial charge in [0.05, 0.1) is 33.2 Å². The van der Waals surface area contributed by atoms with Crippen molar-refractivity contribution >= 4 is 290 Å². The Bertz CT molecular complexity index is 3100. The average Bonchev–Trinajstić information content (AvgIpc) is 3.36. The lowest BCUT2D eigenvalue weighted by atomic mass is 10.2. The van der Waals surface area contributed by atoms with E-state index in [1.165, 1.54) is 29.3 Å². The Balaban J connectivity index is 0.000000458. The van der Waals surface area contributed by atoms with Gasteiger partial charge in [0.1, 0.15) is 0 Å². The molecule has 0 saturated heterocycles. The summed E-state index contributed by atoms with van der Waals surface area (Å²) in [6.45, 7) is 4.05. The van der Waals surface area contributed by atoms with Gasteiger partial charge in [0.25, 0.3) is 5.69 Å². The Morgan fingerprint density at radius 1 is 0.350 bits per heavy atom. The molecule has 29 heteroatoms. The molecule has 0 aliphatic carbocycles. The fourth-order valence-electron chi connectivity index (χ4n) is 4.82. The number of benzene rings is 8. The molecule has 0 unspecified atom stereocenters. The van der Waals surface area contributed by atoms with Gasteiger partial charge in [-0.05, 0) is 319 Å². The maximum absolute atomic E-state index is 12.0. The molecule has 0 atom stereocenters. The first-order chi connectivity index (χ1) is 37.0. The summed E-state index contributed by atoms with van der Waals surface area (Å²) in [5.74, 6) is 0. The molecule has 0 aromatic heterocycles. The minimum absolute atomic E-state index is 0.00273. The topological polar surface area (TPSA) is 251 Å². The zero-order valence-electron chi connectivity index (χ0n) is 40.8. The van der Waals surface area contributed by atoms with Crippen LogP contribution in [0.3, 0.4) is 0 Å². The third kappa shape index (κ3) is 29.1. The minimum Gasteiger partial charge on any atom is -0.398 e. The second-order valence-electron chi connectivity index (χ2n) is 15.2. The number of halogens is 18. The van der Waals surface area contributed by atoms with Crippen molar-refractivity contribution in [3.63, 3.8) is 0 Å². The van der Waals surface area contributed by atoms with E-state index in [0.29, 0.717) is 19.1 Å². The number of nitrogens with zero attached hydrogens (tertiary/aromatic N) is 1. The number of para-hydroxylation sites is 1. The second kappa shape index (κ2) is 37.9. The Labute approximate surface area is 587 Å². The van der Waals surface area contributed by atoms with Crippen LogP contribution in [0.25, 0.3) is 0 Å². The predicted molar refractivity (Wildman–Crippen MR) is 383 cm³/mol. The molecule has 0 spiro atoms. The summed E-state index contributed by atoms with van der Waals surface area (Å²) in [5.41, 5.74) is 51.1. The molecule has 0 heterocycles. The quantitative estimate of drug-likeness (QED) is 0.0438. The highest BCUT2D eigenvalue weighted by Gasteiger charge is 2.30.